The second-order valence-electron chi connectivity index (χ2n) is 6.24. The van der Waals surface area contributed by atoms with Gasteiger partial charge in [0.2, 0.25) is 5.91 Å². The number of carbonyl (C=O) groups is 1. The van der Waals surface area contributed by atoms with Crippen molar-refractivity contribution in [2.45, 2.75) is 31.1 Å². The predicted molar refractivity (Wildman–Crippen MR) is 102 cm³/mol. The van der Waals surface area contributed by atoms with Gasteiger partial charge in [-0.2, -0.15) is 0 Å². The van der Waals surface area contributed by atoms with Crippen LogP contribution >= 0.6 is 11.8 Å². The van der Waals surface area contributed by atoms with Crippen LogP contribution in [0.5, 0.6) is 11.5 Å². The van der Waals surface area contributed by atoms with E-state index < -0.39 is 0 Å². The van der Waals surface area contributed by atoms with Crippen LogP contribution in [0.2, 0.25) is 0 Å². The Labute approximate surface area is 152 Å². The van der Waals surface area contributed by atoms with E-state index in [1.165, 1.54) is 11.8 Å². The molecule has 25 heavy (non-hydrogen) atoms. The number of carbonyl (C=O) groups excluding carboxylic acids is 1. The molecular weight excluding hydrogens is 334 g/mol. The predicted octanol–water partition coefficient (Wildman–Crippen LogP) is 4.70. The van der Waals surface area contributed by atoms with Gasteiger partial charge in [0.15, 0.2) is 11.5 Å². The van der Waals surface area contributed by atoms with Crippen molar-refractivity contribution >= 4 is 23.4 Å². The standard InChI is InChI=1S/C20H23NO3S/c1-14(2)16-6-3-4-7-17(16)21-20(22)13-25-15-8-9-18-19(12-15)24-11-5-10-23-18/h3-4,6-9,12,14H,5,10-11,13H2,1-2H3,(H,21,22). The maximum Gasteiger partial charge on any atom is 0.234 e. The second kappa shape index (κ2) is 8.30. The fourth-order valence-corrected chi connectivity index (χ4v) is 3.41. The van der Waals surface area contributed by atoms with Gasteiger partial charge in [-0.05, 0) is 35.7 Å². The molecule has 0 aromatic heterocycles. The molecule has 2 aromatic carbocycles. The van der Waals surface area contributed by atoms with Crippen molar-refractivity contribution in [3.8, 4) is 11.5 Å². The number of fused-ring (bicyclic) bond motifs is 1. The van der Waals surface area contributed by atoms with Gasteiger partial charge in [-0.15, -0.1) is 11.8 Å². The summed E-state index contributed by atoms with van der Waals surface area (Å²) in [6.07, 6.45) is 0.884. The van der Waals surface area contributed by atoms with Crippen LogP contribution in [0, 0.1) is 0 Å². The van der Waals surface area contributed by atoms with Crippen LogP contribution in [0.3, 0.4) is 0 Å². The first-order valence-corrected chi connectivity index (χ1v) is 9.53. The summed E-state index contributed by atoms with van der Waals surface area (Å²) < 4.78 is 11.3. The summed E-state index contributed by atoms with van der Waals surface area (Å²) in [5.41, 5.74) is 2.04. The number of nitrogens with one attached hydrogen (secondary N) is 1. The summed E-state index contributed by atoms with van der Waals surface area (Å²) in [5, 5.41) is 3.02. The van der Waals surface area contributed by atoms with Crippen LogP contribution in [0.25, 0.3) is 0 Å². The third-order valence-electron chi connectivity index (χ3n) is 3.95. The van der Waals surface area contributed by atoms with E-state index in [9.17, 15) is 4.79 Å². The van der Waals surface area contributed by atoms with Crippen LogP contribution in [-0.4, -0.2) is 24.9 Å². The number of ether oxygens (including phenoxy) is 2. The van der Waals surface area contributed by atoms with Crippen LogP contribution < -0.4 is 14.8 Å². The Morgan fingerprint density at radius 3 is 2.68 bits per heavy atom. The number of amides is 1. The van der Waals surface area contributed by atoms with Crippen LogP contribution in [-0.2, 0) is 4.79 Å². The first-order chi connectivity index (χ1) is 12.1. The zero-order valence-electron chi connectivity index (χ0n) is 14.6. The molecular formula is C20H23NO3S. The highest BCUT2D eigenvalue weighted by atomic mass is 32.2. The molecule has 0 radical (unpaired) electrons. The third-order valence-corrected chi connectivity index (χ3v) is 4.94. The molecule has 0 saturated carbocycles. The van der Waals surface area contributed by atoms with E-state index in [2.05, 4.69) is 25.2 Å². The van der Waals surface area contributed by atoms with Gasteiger partial charge in [0.1, 0.15) is 0 Å². The maximum absolute atomic E-state index is 12.3. The Morgan fingerprint density at radius 1 is 1.12 bits per heavy atom. The van der Waals surface area contributed by atoms with Gasteiger partial charge in [0.05, 0.1) is 19.0 Å². The van der Waals surface area contributed by atoms with E-state index in [0.717, 1.165) is 34.1 Å². The number of benzene rings is 2. The number of para-hydroxylation sites is 1. The van der Waals surface area contributed by atoms with Gasteiger partial charge in [-0.25, -0.2) is 0 Å². The lowest BCUT2D eigenvalue weighted by molar-refractivity contribution is -0.113. The van der Waals surface area contributed by atoms with Crippen LogP contribution in [0.15, 0.2) is 47.4 Å². The molecule has 2 aromatic rings. The lowest BCUT2D eigenvalue weighted by Crippen LogP contribution is -2.15. The normalized spacial score (nSPS) is 13.4. The topological polar surface area (TPSA) is 47.6 Å². The largest absolute Gasteiger partial charge is 0.490 e. The van der Waals surface area contributed by atoms with Crippen molar-refractivity contribution in [1.29, 1.82) is 0 Å². The quantitative estimate of drug-likeness (QED) is 0.788. The zero-order chi connectivity index (χ0) is 17.6. The SMILES string of the molecule is CC(C)c1ccccc1NC(=O)CSc1ccc2c(c1)OCCCO2. The molecule has 0 saturated heterocycles. The van der Waals surface area contributed by atoms with E-state index in [-0.39, 0.29) is 5.91 Å². The van der Waals surface area contributed by atoms with Gasteiger partial charge < -0.3 is 14.8 Å². The number of anilines is 1. The summed E-state index contributed by atoms with van der Waals surface area (Å²) in [4.78, 5) is 13.3. The van der Waals surface area contributed by atoms with Crippen LogP contribution in [0.4, 0.5) is 5.69 Å². The van der Waals surface area contributed by atoms with E-state index in [1.807, 2.05) is 36.4 Å². The lowest BCUT2D eigenvalue weighted by atomic mass is 10.0. The Bertz CT molecular complexity index is 745. The number of rotatable bonds is 5. The molecule has 1 aliphatic rings. The summed E-state index contributed by atoms with van der Waals surface area (Å²) in [7, 11) is 0. The van der Waals surface area contributed by atoms with Gasteiger partial charge in [-0.3, -0.25) is 4.79 Å². The summed E-state index contributed by atoms with van der Waals surface area (Å²) >= 11 is 1.49. The molecule has 3 rings (SSSR count). The van der Waals surface area contributed by atoms with E-state index in [4.69, 9.17) is 9.47 Å². The minimum absolute atomic E-state index is 0.00906. The van der Waals surface area contributed by atoms with Crippen molar-refractivity contribution in [2.75, 3.05) is 24.3 Å². The lowest BCUT2D eigenvalue weighted by Gasteiger charge is -2.13. The number of hydrogen-bond acceptors (Lipinski definition) is 4. The molecule has 0 spiro atoms. The summed E-state index contributed by atoms with van der Waals surface area (Å²) in [6.45, 7) is 5.58. The average Bonchev–Trinajstić information content (AvgIpc) is 2.85. The molecule has 0 unspecified atom stereocenters. The molecule has 5 heteroatoms. The zero-order valence-corrected chi connectivity index (χ0v) is 15.4. The van der Waals surface area contributed by atoms with Crippen molar-refractivity contribution < 1.29 is 14.3 Å². The monoisotopic (exact) mass is 357 g/mol. The highest BCUT2D eigenvalue weighted by Gasteiger charge is 2.13. The molecule has 0 atom stereocenters. The molecule has 0 bridgehead atoms. The molecule has 4 nitrogen and oxygen atoms in total. The molecule has 0 aliphatic carbocycles. The highest BCUT2D eigenvalue weighted by molar-refractivity contribution is 8.00. The minimum Gasteiger partial charge on any atom is -0.490 e. The van der Waals surface area contributed by atoms with Gasteiger partial charge >= 0.3 is 0 Å². The molecule has 132 valence electrons. The highest BCUT2D eigenvalue weighted by Crippen LogP contribution is 2.34. The Hall–Kier alpha value is -2.14. The smallest absolute Gasteiger partial charge is 0.234 e. The van der Waals surface area contributed by atoms with Gasteiger partial charge in [0.25, 0.3) is 0 Å². The summed E-state index contributed by atoms with van der Waals surface area (Å²) in [5.74, 6) is 2.24. The van der Waals surface area contributed by atoms with E-state index in [0.29, 0.717) is 24.9 Å². The first kappa shape index (κ1) is 17.7. The van der Waals surface area contributed by atoms with Gasteiger partial charge in [0, 0.05) is 17.0 Å². The fraction of sp³-hybridized carbons (Fsp3) is 0.350. The Morgan fingerprint density at radius 2 is 1.88 bits per heavy atom. The first-order valence-electron chi connectivity index (χ1n) is 8.54. The fourth-order valence-electron chi connectivity index (χ4n) is 2.68. The van der Waals surface area contributed by atoms with Gasteiger partial charge in [-0.1, -0.05) is 32.0 Å². The molecule has 0 fully saturated rings. The summed E-state index contributed by atoms with van der Waals surface area (Å²) in [6, 6.07) is 13.8. The van der Waals surface area contributed by atoms with Crippen molar-refractivity contribution in [3.63, 3.8) is 0 Å². The van der Waals surface area contributed by atoms with Crippen LogP contribution in [0.1, 0.15) is 31.7 Å². The Balaban J connectivity index is 1.60. The van der Waals surface area contributed by atoms with E-state index >= 15 is 0 Å². The van der Waals surface area contributed by atoms with Crippen molar-refractivity contribution in [1.82, 2.24) is 0 Å². The molecule has 1 amide bonds. The third kappa shape index (κ3) is 4.69. The number of hydrogen-bond donors (Lipinski definition) is 1. The minimum atomic E-state index is -0.00906. The number of thioether (sulfide) groups is 1. The average molecular weight is 357 g/mol. The van der Waals surface area contributed by atoms with E-state index in [1.54, 1.807) is 0 Å². The molecule has 1 N–H and O–H groups in total. The van der Waals surface area contributed by atoms with Crippen molar-refractivity contribution in [3.05, 3.63) is 48.0 Å². The Kier molecular flexibility index (Phi) is 5.87. The molecule has 1 heterocycles. The second-order valence-corrected chi connectivity index (χ2v) is 7.29. The molecule has 1 aliphatic heterocycles. The van der Waals surface area contributed by atoms with Crippen molar-refractivity contribution in [2.24, 2.45) is 0 Å². The maximum atomic E-state index is 12.3.